The minimum atomic E-state index is -1.46. The highest BCUT2D eigenvalue weighted by Crippen LogP contribution is 2.31. The molecule has 34 heavy (non-hydrogen) atoms. The molecule has 0 saturated carbocycles. The molecule has 0 aliphatic heterocycles. The van der Waals surface area contributed by atoms with Crippen LogP contribution in [0.3, 0.4) is 0 Å². The van der Waals surface area contributed by atoms with Crippen molar-refractivity contribution in [3.63, 3.8) is 0 Å². The first kappa shape index (κ1) is 28.7. The van der Waals surface area contributed by atoms with Crippen molar-refractivity contribution in [3.8, 4) is 11.5 Å². The van der Waals surface area contributed by atoms with E-state index in [4.69, 9.17) is 34.3 Å². The summed E-state index contributed by atoms with van der Waals surface area (Å²) in [6.07, 6.45) is -3.19. The third kappa shape index (κ3) is 8.87. The normalized spacial score (nSPS) is 13.3. The Morgan fingerprint density at radius 1 is 0.941 bits per heavy atom. The third-order valence-electron chi connectivity index (χ3n) is 4.27. The van der Waals surface area contributed by atoms with E-state index in [9.17, 15) is 19.2 Å². The average Bonchev–Trinajstić information content (AvgIpc) is 2.75. The van der Waals surface area contributed by atoms with E-state index in [-0.39, 0.29) is 31.1 Å². The monoisotopic (exact) mass is 484 g/mol. The van der Waals surface area contributed by atoms with Gasteiger partial charge in [-0.15, -0.1) is 0 Å². The molecule has 0 fully saturated rings. The zero-order valence-electron chi connectivity index (χ0n) is 20.2. The molecule has 0 unspecified atom stereocenters. The topological polar surface area (TPSA) is 162 Å². The molecule has 0 aliphatic rings. The lowest BCUT2D eigenvalue weighted by Crippen LogP contribution is -2.56. The summed E-state index contributed by atoms with van der Waals surface area (Å²) in [5.74, 6) is 3.66. The molecular weight excluding hydrogens is 452 g/mol. The van der Waals surface area contributed by atoms with Crippen LogP contribution in [0.1, 0.15) is 47.1 Å². The molecule has 2 atom stereocenters. The smallest absolute Gasteiger partial charge is 0.434 e. The Kier molecular flexibility index (Phi) is 11.3. The van der Waals surface area contributed by atoms with Crippen molar-refractivity contribution >= 4 is 24.2 Å². The summed E-state index contributed by atoms with van der Waals surface area (Å²) in [6.45, 7) is 9.51. The minimum absolute atomic E-state index is 0.0357. The molecule has 12 heteroatoms. The van der Waals surface area contributed by atoms with Gasteiger partial charge in [0, 0.05) is 13.3 Å². The molecule has 0 aromatic heterocycles. The molecule has 1 aromatic rings. The summed E-state index contributed by atoms with van der Waals surface area (Å²) in [4.78, 5) is 48.0. The minimum Gasteiger partial charge on any atom is -0.434 e. The van der Waals surface area contributed by atoms with Crippen molar-refractivity contribution in [1.29, 1.82) is 0 Å². The van der Waals surface area contributed by atoms with Crippen molar-refractivity contribution in [3.05, 3.63) is 23.8 Å². The Hall–Kier alpha value is -3.38. The Morgan fingerprint density at radius 3 is 2.00 bits per heavy atom. The number of esters is 2. The van der Waals surface area contributed by atoms with E-state index in [1.165, 1.54) is 32.0 Å². The van der Waals surface area contributed by atoms with Gasteiger partial charge in [-0.25, -0.2) is 19.8 Å². The molecule has 0 aliphatic carbocycles. The zero-order valence-corrected chi connectivity index (χ0v) is 20.2. The van der Waals surface area contributed by atoms with Crippen LogP contribution >= 0.6 is 0 Å². The van der Waals surface area contributed by atoms with Crippen LogP contribution in [-0.4, -0.2) is 49.3 Å². The summed E-state index contributed by atoms with van der Waals surface area (Å²) in [7, 11) is 0. The highest BCUT2D eigenvalue weighted by atomic mass is 16.7. The maximum absolute atomic E-state index is 12.7. The number of ether oxygens (including phenoxy) is 6. The number of carbonyl (C=O) groups is 4. The van der Waals surface area contributed by atoms with E-state index in [1.54, 1.807) is 27.7 Å². The summed E-state index contributed by atoms with van der Waals surface area (Å²) < 4.78 is 29.9. The van der Waals surface area contributed by atoms with E-state index < -0.39 is 42.0 Å². The van der Waals surface area contributed by atoms with Gasteiger partial charge in [0.1, 0.15) is 5.54 Å². The highest BCUT2D eigenvalue weighted by molar-refractivity contribution is 5.81. The predicted molar refractivity (Wildman–Crippen MR) is 118 cm³/mol. The van der Waals surface area contributed by atoms with Crippen LogP contribution in [0.2, 0.25) is 0 Å². The van der Waals surface area contributed by atoms with Gasteiger partial charge in [0.05, 0.1) is 19.1 Å². The van der Waals surface area contributed by atoms with Crippen LogP contribution in [-0.2, 0) is 35.0 Å². The number of carbonyl (C=O) groups excluding carboxylic acids is 4. The number of benzene rings is 1. The van der Waals surface area contributed by atoms with E-state index in [1.807, 2.05) is 0 Å². The predicted octanol–water partition coefficient (Wildman–Crippen LogP) is 2.61. The largest absolute Gasteiger partial charge is 0.513 e. The fourth-order valence-corrected chi connectivity index (χ4v) is 2.50. The van der Waals surface area contributed by atoms with Gasteiger partial charge < -0.3 is 28.4 Å². The van der Waals surface area contributed by atoms with Crippen LogP contribution in [0.15, 0.2) is 18.2 Å². The van der Waals surface area contributed by atoms with Crippen LogP contribution in [0, 0.1) is 5.92 Å². The number of hydrogen-bond donors (Lipinski definition) is 2. The van der Waals surface area contributed by atoms with E-state index >= 15 is 0 Å². The van der Waals surface area contributed by atoms with E-state index in [2.05, 4.69) is 5.43 Å². The lowest BCUT2D eigenvalue weighted by molar-refractivity contribution is -0.191. The first-order valence-corrected chi connectivity index (χ1v) is 10.7. The van der Waals surface area contributed by atoms with Gasteiger partial charge in [-0.2, -0.15) is 0 Å². The molecule has 3 N–H and O–H groups in total. The van der Waals surface area contributed by atoms with E-state index in [0.29, 0.717) is 5.56 Å². The second-order valence-electron chi connectivity index (χ2n) is 7.57. The van der Waals surface area contributed by atoms with Crippen LogP contribution in [0.25, 0.3) is 0 Å². The lowest BCUT2D eigenvalue weighted by atomic mass is 9.93. The SMILES string of the molecule is CCOC(=O)Oc1ccc(C[C@](C)(NN)C(=O)O[C@@H](C)OC(=O)C(C)C)cc1OC(=O)OCC. The van der Waals surface area contributed by atoms with Gasteiger partial charge in [-0.05, 0) is 38.5 Å². The van der Waals surface area contributed by atoms with Crippen LogP contribution in [0.5, 0.6) is 11.5 Å². The van der Waals surface area contributed by atoms with Crippen molar-refractivity contribution in [1.82, 2.24) is 5.43 Å². The van der Waals surface area contributed by atoms with Crippen LogP contribution in [0.4, 0.5) is 9.59 Å². The van der Waals surface area contributed by atoms with Crippen molar-refractivity contribution in [2.45, 2.75) is 59.8 Å². The van der Waals surface area contributed by atoms with Crippen molar-refractivity contribution in [2.24, 2.45) is 11.8 Å². The molecule has 190 valence electrons. The molecule has 0 bridgehead atoms. The number of nitrogens with two attached hydrogens (primary N) is 1. The quantitative estimate of drug-likeness (QED) is 0.118. The van der Waals surface area contributed by atoms with Gasteiger partial charge in [0.25, 0.3) is 0 Å². The zero-order chi connectivity index (χ0) is 25.9. The molecule has 0 heterocycles. The number of hydrazine groups is 1. The molecule has 0 saturated heterocycles. The molecule has 12 nitrogen and oxygen atoms in total. The maximum atomic E-state index is 12.7. The van der Waals surface area contributed by atoms with Gasteiger partial charge in [0.15, 0.2) is 11.5 Å². The van der Waals surface area contributed by atoms with Gasteiger partial charge in [-0.3, -0.25) is 10.6 Å². The number of nitrogens with one attached hydrogen (secondary N) is 1. The molecular formula is C22H32N2O10. The number of hydrogen-bond acceptors (Lipinski definition) is 12. The highest BCUT2D eigenvalue weighted by Gasteiger charge is 2.36. The van der Waals surface area contributed by atoms with Gasteiger partial charge in [0.2, 0.25) is 6.29 Å². The number of rotatable bonds is 11. The molecule has 0 amide bonds. The third-order valence-corrected chi connectivity index (χ3v) is 4.27. The fraction of sp³-hybridized carbons (Fsp3) is 0.545. The Bertz CT molecular complexity index is 873. The van der Waals surface area contributed by atoms with Crippen molar-refractivity contribution in [2.75, 3.05) is 13.2 Å². The van der Waals surface area contributed by atoms with Gasteiger partial charge >= 0.3 is 24.2 Å². The maximum Gasteiger partial charge on any atom is 0.513 e. The van der Waals surface area contributed by atoms with Crippen LogP contribution < -0.4 is 20.7 Å². The van der Waals surface area contributed by atoms with Crippen molar-refractivity contribution < 1.29 is 47.6 Å². The summed E-state index contributed by atoms with van der Waals surface area (Å²) in [5, 5.41) is 0. The summed E-state index contributed by atoms with van der Waals surface area (Å²) >= 11 is 0. The Balaban J connectivity index is 3.09. The Morgan fingerprint density at radius 2 is 1.50 bits per heavy atom. The first-order chi connectivity index (χ1) is 15.9. The fourth-order valence-electron chi connectivity index (χ4n) is 2.50. The molecule has 1 aromatic carbocycles. The summed E-state index contributed by atoms with van der Waals surface area (Å²) in [6, 6.07) is 4.25. The average molecular weight is 485 g/mol. The molecule has 1 rings (SSSR count). The molecule has 0 spiro atoms. The van der Waals surface area contributed by atoms with Gasteiger partial charge in [-0.1, -0.05) is 19.9 Å². The van der Waals surface area contributed by atoms with E-state index in [0.717, 1.165) is 0 Å². The first-order valence-electron chi connectivity index (χ1n) is 10.7. The lowest BCUT2D eigenvalue weighted by Gasteiger charge is -2.28. The second-order valence-corrected chi connectivity index (χ2v) is 7.57. The summed E-state index contributed by atoms with van der Waals surface area (Å²) in [5.41, 5.74) is 1.40. The second kappa shape index (κ2) is 13.4. The molecule has 0 radical (unpaired) electrons. The standard InChI is InChI=1S/C22H32N2O10/c1-7-29-20(27)33-16-10-9-15(11-17(16)34-21(28)30-8-2)12-22(6,24-23)19(26)32-14(5)31-18(25)13(3)4/h9-11,13-14,24H,7-8,12,23H2,1-6H3/t14-,22-/m0/s1. The Labute approximate surface area is 197 Å².